The molecule has 1 aromatic rings. The summed E-state index contributed by atoms with van der Waals surface area (Å²) in [5, 5.41) is 0. The van der Waals surface area contributed by atoms with E-state index in [2.05, 4.69) is 51.6 Å². The molecule has 1 aromatic carbocycles. The van der Waals surface area contributed by atoms with Gasteiger partial charge in [-0.1, -0.05) is 70.0 Å². The molecule has 0 aliphatic heterocycles. The zero-order chi connectivity index (χ0) is 14.1. The number of aryl methyl sites for hydroxylation is 1. The fourth-order valence-corrected chi connectivity index (χ4v) is 2.47. The third-order valence-electron chi connectivity index (χ3n) is 3.72. The van der Waals surface area contributed by atoms with Crippen molar-refractivity contribution < 1.29 is 0 Å². The van der Waals surface area contributed by atoms with Gasteiger partial charge in [0.05, 0.1) is 0 Å². The van der Waals surface area contributed by atoms with Gasteiger partial charge in [0.2, 0.25) is 0 Å². The maximum absolute atomic E-state index is 4.13. The molecule has 0 fully saturated rings. The second kappa shape index (κ2) is 8.96. The van der Waals surface area contributed by atoms with E-state index in [1.807, 2.05) is 0 Å². The summed E-state index contributed by atoms with van der Waals surface area (Å²) in [6.07, 6.45) is 8.83. The van der Waals surface area contributed by atoms with Crippen molar-refractivity contribution in [2.75, 3.05) is 0 Å². The van der Waals surface area contributed by atoms with E-state index in [0.29, 0.717) is 5.92 Å². The zero-order valence-electron chi connectivity index (χ0n) is 13.0. The van der Waals surface area contributed by atoms with E-state index in [-0.39, 0.29) is 0 Å². The van der Waals surface area contributed by atoms with E-state index in [0.717, 1.165) is 0 Å². The minimum Gasteiger partial charge on any atom is -0.0999 e. The van der Waals surface area contributed by atoms with Gasteiger partial charge in [-0.2, -0.15) is 0 Å². The third-order valence-corrected chi connectivity index (χ3v) is 3.72. The molecular weight excluding hydrogens is 228 g/mol. The number of benzene rings is 1. The zero-order valence-corrected chi connectivity index (χ0v) is 13.0. The lowest BCUT2D eigenvalue weighted by Gasteiger charge is -2.08. The van der Waals surface area contributed by atoms with Gasteiger partial charge in [0.1, 0.15) is 0 Å². The molecule has 0 heterocycles. The van der Waals surface area contributed by atoms with E-state index in [1.54, 1.807) is 0 Å². The van der Waals surface area contributed by atoms with Crippen LogP contribution < -0.4 is 0 Å². The molecule has 0 heteroatoms. The molecule has 0 aromatic heterocycles. The molecule has 0 spiro atoms. The maximum atomic E-state index is 4.13. The summed E-state index contributed by atoms with van der Waals surface area (Å²) >= 11 is 0. The minimum atomic E-state index is 0.636. The highest BCUT2D eigenvalue weighted by Gasteiger charge is 2.00. The van der Waals surface area contributed by atoms with Crippen LogP contribution in [0.25, 0.3) is 0 Å². The molecule has 0 saturated heterocycles. The van der Waals surface area contributed by atoms with Crippen molar-refractivity contribution in [2.24, 2.45) is 0 Å². The molecule has 0 aliphatic rings. The summed E-state index contributed by atoms with van der Waals surface area (Å²) in [7, 11) is 0. The Morgan fingerprint density at radius 1 is 1.11 bits per heavy atom. The molecule has 0 aliphatic carbocycles. The number of allylic oxidation sites excluding steroid dienone is 1. The lowest BCUT2D eigenvalue weighted by atomic mass is 9.98. The summed E-state index contributed by atoms with van der Waals surface area (Å²) in [6, 6.07) is 9.08. The third kappa shape index (κ3) is 6.61. The van der Waals surface area contributed by atoms with Crippen LogP contribution in [0, 0.1) is 0 Å². The molecule has 19 heavy (non-hydrogen) atoms. The van der Waals surface area contributed by atoms with Gasteiger partial charge < -0.3 is 0 Å². The average molecular weight is 258 g/mol. The van der Waals surface area contributed by atoms with Gasteiger partial charge in [0.25, 0.3) is 0 Å². The van der Waals surface area contributed by atoms with E-state index < -0.39 is 0 Å². The van der Waals surface area contributed by atoms with Crippen molar-refractivity contribution in [1.29, 1.82) is 0 Å². The summed E-state index contributed by atoms with van der Waals surface area (Å²) in [6.45, 7) is 10.9. The number of rotatable bonds is 9. The first kappa shape index (κ1) is 16.0. The van der Waals surface area contributed by atoms with Crippen LogP contribution in [0.15, 0.2) is 36.4 Å². The molecule has 0 radical (unpaired) electrons. The number of unbranched alkanes of at least 4 members (excludes halogenated alkanes) is 2. The van der Waals surface area contributed by atoms with Crippen molar-refractivity contribution in [3.05, 3.63) is 47.5 Å². The Bertz CT molecular complexity index is 373. The standard InChI is InChI=1S/C19H30/c1-5-10-17(4)11-7-6-8-12-18-13-9-14-19(15-18)16(2)3/h9,13-16H,4-8,10-12H2,1-3H3. The van der Waals surface area contributed by atoms with Crippen LogP contribution in [-0.2, 0) is 6.42 Å². The van der Waals surface area contributed by atoms with Gasteiger partial charge in [-0.3, -0.25) is 0 Å². The van der Waals surface area contributed by atoms with Crippen LogP contribution in [0.2, 0.25) is 0 Å². The van der Waals surface area contributed by atoms with Gasteiger partial charge in [-0.25, -0.2) is 0 Å². The maximum Gasteiger partial charge on any atom is -0.0219 e. The van der Waals surface area contributed by atoms with Crippen LogP contribution in [0.5, 0.6) is 0 Å². The van der Waals surface area contributed by atoms with Crippen LogP contribution in [-0.4, -0.2) is 0 Å². The van der Waals surface area contributed by atoms with Crippen LogP contribution in [0.1, 0.15) is 76.3 Å². The molecule has 1 rings (SSSR count). The highest BCUT2D eigenvalue weighted by Crippen LogP contribution is 2.18. The normalized spacial score (nSPS) is 10.9. The number of hydrogen-bond donors (Lipinski definition) is 0. The van der Waals surface area contributed by atoms with Crippen molar-refractivity contribution in [3.63, 3.8) is 0 Å². The fourth-order valence-electron chi connectivity index (χ4n) is 2.47. The molecular formula is C19H30. The first-order valence-corrected chi connectivity index (χ1v) is 7.89. The van der Waals surface area contributed by atoms with Crippen molar-refractivity contribution in [2.45, 2.75) is 71.6 Å². The Labute approximate surface area is 119 Å². The molecule has 0 atom stereocenters. The monoisotopic (exact) mass is 258 g/mol. The fraction of sp³-hybridized carbons (Fsp3) is 0.579. The van der Waals surface area contributed by atoms with Gasteiger partial charge in [0, 0.05) is 0 Å². The molecule has 0 unspecified atom stereocenters. The Morgan fingerprint density at radius 2 is 1.89 bits per heavy atom. The van der Waals surface area contributed by atoms with Crippen molar-refractivity contribution >= 4 is 0 Å². The smallest absolute Gasteiger partial charge is 0.0219 e. The SMILES string of the molecule is C=C(CCC)CCCCCc1cccc(C(C)C)c1. The topological polar surface area (TPSA) is 0 Å². The molecule has 0 amide bonds. The largest absolute Gasteiger partial charge is 0.0999 e. The second-order valence-electron chi connectivity index (χ2n) is 5.96. The quantitative estimate of drug-likeness (QED) is 0.362. The Hall–Kier alpha value is -1.04. The van der Waals surface area contributed by atoms with E-state index in [1.165, 1.54) is 61.6 Å². The van der Waals surface area contributed by atoms with Crippen LogP contribution >= 0.6 is 0 Å². The first-order valence-electron chi connectivity index (χ1n) is 7.89. The summed E-state index contributed by atoms with van der Waals surface area (Å²) in [5.41, 5.74) is 4.40. The second-order valence-corrected chi connectivity index (χ2v) is 5.96. The van der Waals surface area contributed by atoms with E-state index in [9.17, 15) is 0 Å². The first-order chi connectivity index (χ1) is 9.13. The lowest BCUT2D eigenvalue weighted by Crippen LogP contribution is -1.91. The highest BCUT2D eigenvalue weighted by atomic mass is 14.1. The Balaban J connectivity index is 2.22. The van der Waals surface area contributed by atoms with Crippen LogP contribution in [0.3, 0.4) is 0 Å². The summed E-state index contributed by atoms with van der Waals surface area (Å²) in [5.74, 6) is 0.636. The van der Waals surface area contributed by atoms with E-state index in [4.69, 9.17) is 0 Å². The molecule has 0 saturated carbocycles. The molecule has 106 valence electrons. The summed E-state index contributed by atoms with van der Waals surface area (Å²) in [4.78, 5) is 0. The Morgan fingerprint density at radius 3 is 2.58 bits per heavy atom. The van der Waals surface area contributed by atoms with Gasteiger partial charge in [-0.15, -0.1) is 0 Å². The average Bonchev–Trinajstić information content (AvgIpc) is 2.39. The summed E-state index contributed by atoms with van der Waals surface area (Å²) < 4.78 is 0. The molecule has 0 N–H and O–H groups in total. The minimum absolute atomic E-state index is 0.636. The van der Waals surface area contributed by atoms with E-state index >= 15 is 0 Å². The van der Waals surface area contributed by atoms with Gasteiger partial charge in [-0.05, 0) is 49.1 Å². The van der Waals surface area contributed by atoms with Gasteiger partial charge in [0.15, 0.2) is 0 Å². The van der Waals surface area contributed by atoms with Crippen LogP contribution in [0.4, 0.5) is 0 Å². The molecule has 0 nitrogen and oxygen atoms in total. The Kier molecular flexibility index (Phi) is 7.55. The predicted molar refractivity (Wildman–Crippen MR) is 86.8 cm³/mol. The van der Waals surface area contributed by atoms with Gasteiger partial charge >= 0.3 is 0 Å². The lowest BCUT2D eigenvalue weighted by molar-refractivity contribution is 0.662. The number of hydrogen-bond acceptors (Lipinski definition) is 0. The van der Waals surface area contributed by atoms with Crippen molar-refractivity contribution in [3.8, 4) is 0 Å². The predicted octanol–water partition coefficient (Wildman–Crippen LogP) is 6.27. The molecule has 0 bridgehead atoms. The highest BCUT2D eigenvalue weighted by molar-refractivity contribution is 5.25. The van der Waals surface area contributed by atoms with Crippen molar-refractivity contribution in [1.82, 2.24) is 0 Å².